The minimum atomic E-state index is -0.550. The van der Waals surface area contributed by atoms with Crippen LogP contribution in [-0.4, -0.2) is 41.7 Å². The quantitative estimate of drug-likeness (QED) is 0.868. The summed E-state index contributed by atoms with van der Waals surface area (Å²) in [5, 5.41) is 11.4. The number of likely N-dealkylation sites (tertiary alicyclic amines) is 1. The predicted octanol–water partition coefficient (Wildman–Crippen LogP) is 1.04. The van der Waals surface area contributed by atoms with Crippen LogP contribution in [0, 0.1) is 11.6 Å². The first-order valence-corrected chi connectivity index (χ1v) is 6.65. The average Bonchev–Trinajstić information content (AvgIpc) is 2.43. The van der Waals surface area contributed by atoms with Gasteiger partial charge in [-0.1, -0.05) is 6.07 Å². The highest BCUT2D eigenvalue weighted by atomic mass is 19.1. The van der Waals surface area contributed by atoms with E-state index in [-0.39, 0.29) is 18.2 Å². The van der Waals surface area contributed by atoms with Crippen LogP contribution in [0.4, 0.5) is 8.78 Å². The average molecular weight is 284 g/mol. The number of benzene rings is 1. The van der Waals surface area contributed by atoms with Gasteiger partial charge in [0.1, 0.15) is 18.2 Å². The van der Waals surface area contributed by atoms with E-state index in [0.29, 0.717) is 6.54 Å². The molecule has 1 fully saturated rings. The minimum absolute atomic E-state index is 0.0571. The fourth-order valence-electron chi connectivity index (χ4n) is 2.50. The van der Waals surface area contributed by atoms with E-state index in [1.165, 1.54) is 18.2 Å². The summed E-state index contributed by atoms with van der Waals surface area (Å²) < 4.78 is 27.2. The fraction of sp³-hybridized carbons (Fsp3) is 0.500. The first kappa shape index (κ1) is 14.9. The third-order valence-electron chi connectivity index (χ3n) is 3.46. The summed E-state index contributed by atoms with van der Waals surface area (Å²) in [5.74, 6) is -1.52. The maximum absolute atomic E-state index is 13.6. The third-order valence-corrected chi connectivity index (χ3v) is 3.46. The molecular formula is C14H18F2N2O2. The summed E-state index contributed by atoms with van der Waals surface area (Å²) in [6.07, 6.45) is 1.65. The van der Waals surface area contributed by atoms with Gasteiger partial charge in [-0.15, -0.1) is 0 Å². The van der Waals surface area contributed by atoms with Crippen molar-refractivity contribution in [3.05, 3.63) is 35.4 Å². The van der Waals surface area contributed by atoms with Gasteiger partial charge in [0.05, 0.1) is 0 Å². The molecule has 0 aromatic heterocycles. The lowest BCUT2D eigenvalue weighted by Crippen LogP contribution is -2.48. The van der Waals surface area contributed by atoms with Crippen LogP contribution in [0.5, 0.6) is 0 Å². The van der Waals surface area contributed by atoms with Gasteiger partial charge in [0.2, 0.25) is 5.91 Å². The standard InChI is InChI=1S/C14H18F2N2O2/c15-12-4-1-5-13(16)11(12)8-18-6-2-3-10(7-18)17-14(20)9-19/h1,4-5,10,19H,2-3,6-9H2,(H,17,20). The largest absolute Gasteiger partial charge is 0.387 e. The second-order valence-corrected chi connectivity index (χ2v) is 5.00. The van der Waals surface area contributed by atoms with Crippen LogP contribution in [0.3, 0.4) is 0 Å². The van der Waals surface area contributed by atoms with Crippen LogP contribution < -0.4 is 5.32 Å². The molecule has 1 atom stereocenters. The van der Waals surface area contributed by atoms with E-state index in [1.807, 2.05) is 4.90 Å². The monoisotopic (exact) mass is 284 g/mol. The van der Waals surface area contributed by atoms with Crippen molar-refractivity contribution in [3.63, 3.8) is 0 Å². The number of hydrogen-bond acceptors (Lipinski definition) is 3. The van der Waals surface area contributed by atoms with Crippen LogP contribution in [0.15, 0.2) is 18.2 Å². The molecule has 0 bridgehead atoms. The van der Waals surface area contributed by atoms with Crippen molar-refractivity contribution < 1.29 is 18.7 Å². The van der Waals surface area contributed by atoms with Gasteiger partial charge in [-0.25, -0.2) is 8.78 Å². The number of halogens is 2. The van der Waals surface area contributed by atoms with Gasteiger partial charge < -0.3 is 10.4 Å². The zero-order valence-electron chi connectivity index (χ0n) is 11.1. The highest BCUT2D eigenvalue weighted by molar-refractivity contribution is 5.77. The summed E-state index contributed by atoms with van der Waals surface area (Å²) in [5.41, 5.74) is 0.0571. The van der Waals surface area contributed by atoms with Crippen molar-refractivity contribution in [3.8, 4) is 0 Å². The summed E-state index contributed by atoms with van der Waals surface area (Å²) in [6.45, 7) is 0.904. The molecule has 1 unspecified atom stereocenters. The zero-order valence-corrected chi connectivity index (χ0v) is 11.1. The number of hydrogen-bond donors (Lipinski definition) is 2. The van der Waals surface area contributed by atoms with Gasteiger partial charge in [-0.2, -0.15) is 0 Å². The molecule has 1 heterocycles. The SMILES string of the molecule is O=C(CO)NC1CCCN(Cc2c(F)cccc2F)C1. The van der Waals surface area contributed by atoms with Gasteiger partial charge in [-0.3, -0.25) is 9.69 Å². The van der Waals surface area contributed by atoms with E-state index in [0.717, 1.165) is 19.4 Å². The molecule has 4 nitrogen and oxygen atoms in total. The highest BCUT2D eigenvalue weighted by Gasteiger charge is 2.22. The second-order valence-electron chi connectivity index (χ2n) is 5.00. The molecule has 1 saturated heterocycles. The van der Waals surface area contributed by atoms with Crippen LogP contribution in [-0.2, 0) is 11.3 Å². The van der Waals surface area contributed by atoms with Gasteiger partial charge in [0.25, 0.3) is 0 Å². The lowest BCUT2D eigenvalue weighted by Gasteiger charge is -2.33. The molecule has 20 heavy (non-hydrogen) atoms. The van der Waals surface area contributed by atoms with Crippen molar-refractivity contribution in [2.75, 3.05) is 19.7 Å². The van der Waals surface area contributed by atoms with Gasteiger partial charge >= 0.3 is 0 Å². The smallest absolute Gasteiger partial charge is 0.245 e. The molecule has 0 aliphatic carbocycles. The molecule has 0 spiro atoms. The van der Waals surface area contributed by atoms with Gasteiger partial charge in [0, 0.05) is 24.7 Å². The Morgan fingerprint density at radius 1 is 1.40 bits per heavy atom. The van der Waals surface area contributed by atoms with E-state index in [4.69, 9.17) is 5.11 Å². The Hall–Kier alpha value is -1.53. The fourth-order valence-corrected chi connectivity index (χ4v) is 2.50. The molecule has 6 heteroatoms. The molecule has 1 aliphatic heterocycles. The Kier molecular flexibility index (Phi) is 5.03. The van der Waals surface area contributed by atoms with E-state index in [1.54, 1.807) is 0 Å². The van der Waals surface area contributed by atoms with Crippen LogP contribution in [0.1, 0.15) is 18.4 Å². The lowest BCUT2D eigenvalue weighted by atomic mass is 10.0. The number of piperidine rings is 1. The Bertz CT molecular complexity index is 462. The van der Waals surface area contributed by atoms with E-state index in [9.17, 15) is 13.6 Å². The summed E-state index contributed by atoms with van der Waals surface area (Å²) in [7, 11) is 0. The van der Waals surface area contributed by atoms with E-state index >= 15 is 0 Å². The molecule has 1 aromatic carbocycles. The maximum atomic E-state index is 13.6. The minimum Gasteiger partial charge on any atom is -0.387 e. The number of carbonyl (C=O) groups is 1. The predicted molar refractivity (Wildman–Crippen MR) is 69.9 cm³/mol. The summed E-state index contributed by atoms with van der Waals surface area (Å²) in [6, 6.07) is 3.74. The number of nitrogens with zero attached hydrogens (tertiary/aromatic N) is 1. The molecule has 1 aliphatic rings. The van der Waals surface area contributed by atoms with Crippen molar-refractivity contribution in [1.82, 2.24) is 10.2 Å². The summed E-state index contributed by atoms with van der Waals surface area (Å²) >= 11 is 0. The number of aliphatic hydroxyl groups is 1. The number of nitrogens with one attached hydrogen (secondary N) is 1. The van der Waals surface area contributed by atoms with Gasteiger partial charge in [-0.05, 0) is 31.5 Å². The van der Waals surface area contributed by atoms with Crippen molar-refractivity contribution in [2.45, 2.75) is 25.4 Å². The molecule has 1 aromatic rings. The third kappa shape index (κ3) is 3.74. The molecule has 2 rings (SSSR count). The molecule has 2 N–H and O–H groups in total. The Labute approximate surface area is 116 Å². The molecule has 110 valence electrons. The number of aliphatic hydroxyl groups excluding tert-OH is 1. The van der Waals surface area contributed by atoms with Crippen molar-refractivity contribution in [1.29, 1.82) is 0 Å². The van der Waals surface area contributed by atoms with Crippen LogP contribution >= 0.6 is 0 Å². The van der Waals surface area contributed by atoms with E-state index < -0.39 is 24.1 Å². The van der Waals surface area contributed by atoms with Crippen LogP contribution in [0.2, 0.25) is 0 Å². The second kappa shape index (κ2) is 6.76. The Morgan fingerprint density at radius 2 is 2.10 bits per heavy atom. The van der Waals surface area contributed by atoms with E-state index in [2.05, 4.69) is 5.32 Å². The van der Waals surface area contributed by atoms with Crippen LogP contribution in [0.25, 0.3) is 0 Å². The Morgan fingerprint density at radius 3 is 2.75 bits per heavy atom. The summed E-state index contributed by atoms with van der Waals surface area (Å²) in [4.78, 5) is 13.1. The maximum Gasteiger partial charge on any atom is 0.245 e. The number of rotatable bonds is 4. The molecule has 0 saturated carbocycles. The van der Waals surface area contributed by atoms with Crippen molar-refractivity contribution in [2.24, 2.45) is 0 Å². The lowest BCUT2D eigenvalue weighted by molar-refractivity contribution is -0.124. The number of amides is 1. The number of carbonyl (C=O) groups excluding carboxylic acids is 1. The Balaban J connectivity index is 1.97. The molecule has 1 amide bonds. The van der Waals surface area contributed by atoms with Gasteiger partial charge in [0.15, 0.2) is 0 Å². The zero-order chi connectivity index (χ0) is 14.5. The first-order chi connectivity index (χ1) is 9.60. The van der Waals surface area contributed by atoms with Crippen molar-refractivity contribution >= 4 is 5.91 Å². The topological polar surface area (TPSA) is 52.6 Å². The molecule has 0 radical (unpaired) electrons. The molecular weight excluding hydrogens is 266 g/mol. The highest BCUT2D eigenvalue weighted by Crippen LogP contribution is 2.18. The first-order valence-electron chi connectivity index (χ1n) is 6.65. The normalized spacial score (nSPS) is 19.9.